The molecule has 11 heteroatoms. The Morgan fingerprint density at radius 3 is 2.56 bits per heavy atom. The number of sulfonamides is 1. The molecule has 0 fully saturated rings. The number of aromatic nitrogens is 2. The van der Waals surface area contributed by atoms with E-state index in [1.807, 2.05) is 6.92 Å². The Morgan fingerprint density at radius 1 is 1.16 bits per heavy atom. The maximum absolute atomic E-state index is 12.7. The van der Waals surface area contributed by atoms with Gasteiger partial charge in [-0.2, -0.15) is 5.10 Å². The van der Waals surface area contributed by atoms with E-state index in [1.165, 1.54) is 16.0 Å². The van der Waals surface area contributed by atoms with Crippen molar-refractivity contribution in [1.82, 2.24) is 14.5 Å². The second kappa shape index (κ2) is 10.2. The molecule has 0 saturated heterocycles. The first-order chi connectivity index (χ1) is 15.2. The molecule has 9 nitrogen and oxygen atoms in total. The van der Waals surface area contributed by atoms with Crippen molar-refractivity contribution in [3.05, 3.63) is 62.2 Å². The number of ketones is 1. The van der Waals surface area contributed by atoms with E-state index in [9.17, 15) is 22.8 Å². The van der Waals surface area contributed by atoms with Gasteiger partial charge in [0.1, 0.15) is 0 Å². The number of benzene rings is 1. The highest BCUT2D eigenvalue weighted by molar-refractivity contribution is 7.88. The molecule has 2 heterocycles. The lowest BCUT2D eigenvalue weighted by molar-refractivity contribution is 0.0469. The van der Waals surface area contributed by atoms with Crippen LogP contribution >= 0.6 is 11.3 Å². The number of aryl methyl sites for hydroxylation is 1. The van der Waals surface area contributed by atoms with Crippen LogP contribution in [0.4, 0.5) is 0 Å². The Kier molecular flexibility index (Phi) is 7.54. The van der Waals surface area contributed by atoms with Crippen molar-refractivity contribution in [3.63, 3.8) is 0 Å². The van der Waals surface area contributed by atoms with Crippen LogP contribution < -0.4 is 10.3 Å². The molecule has 0 atom stereocenters. The second-order valence-corrected chi connectivity index (χ2v) is 10.1. The third kappa shape index (κ3) is 5.87. The zero-order valence-electron chi connectivity index (χ0n) is 17.7. The number of rotatable bonds is 10. The molecule has 1 aromatic carbocycles. The topological polar surface area (TPSA) is 124 Å². The number of ether oxygens (including phenoxy) is 1. The van der Waals surface area contributed by atoms with Crippen LogP contribution in [0.15, 0.2) is 41.2 Å². The van der Waals surface area contributed by atoms with Crippen LogP contribution in [-0.4, -0.2) is 49.4 Å². The quantitative estimate of drug-likeness (QED) is 0.350. The van der Waals surface area contributed by atoms with Crippen molar-refractivity contribution in [2.45, 2.75) is 26.3 Å². The van der Waals surface area contributed by atoms with Gasteiger partial charge in [-0.15, -0.1) is 11.3 Å². The standard InChI is InChI=1S/C21H23N3O6S2/c1-3-12-24-20(26)16-7-5-4-6-15(16)19(23-24)21(27)30-13-17(25)18-9-8-14(31-18)10-11-22-32(2,28)29/h4-9,22H,3,10-13H2,1-2H3. The lowest BCUT2D eigenvalue weighted by Gasteiger charge is -2.10. The predicted molar refractivity (Wildman–Crippen MR) is 122 cm³/mol. The van der Waals surface area contributed by atoms with E-state index in [2.05, 4.69) is 9.82 Å². The van der Waals surface area contributed by atoms with Crippen molar-refractivity contribution in [3.8, 4) is 0 Å². The number of Topliss-reactive ketones (excluding diaryl/α,β-unsaturated/α-hetero) is 1. The summed E-state index contributed by atoms with van der Waals surface area (Å²) in [4.78, 5) is 38.9. The molecule has 2 aromatic heterocycles. The maximum atomic E-state index is 12.7. The number of nitrogens with one attached hydrogen (secondary N) is 1. The van der Waals surface area contributed by atoms with Gasteiger partial charge in [0.2, 0.25) is 15.8 Å². The van der Waals surface area contributed by atoms with Crippen LogP contribution in [-0.2, 0) is 27.7 Å². The lowest BCUT2D eigenvalue weighted by atomic mass is 10.1. The maximum Gasteiger partial charge on any atom is 0.359 e. The molecule has 0 aliphatic rings. The number of thiophene rings is 1. The number of carbonyl (C=O) groups excluding carboxylic acids is 2. The fourth-order valence-corrected chi connectivity index (χ4v) is 4.45. The van der Waals surface area contributed by atoms with Crippen molar-refractivity contribution in [2.75, 3.05) is 19.4 Å². The molecule has 0 amide bonds. The van der Waals surface area contributed by atoms with Gasteiger partial charge in [0, 0.05) is 23.4 Å². The largest absolute Gasteiger partial charge is 0.452 e. The highest BCUT2D eigenvalue weighted by Crippen LogP contribution is 2.19. The lowest BCUT2D eigenvalue weighted by Crippen LogP contribution is -2.27. The summed E-state index contributed by atoms with van der Waals surface area (Å²) in [6, 6.07) is 10.00. The number of hydrogen-bond acceptors (Lipinski definition) is 8. The predicted octanol–water partition coefficient (Wildman–Crippen LogP) is 2.00. The SMILES string of the molecule is CCCn1nc(C(=O)OCC(=O)c2ccc(CCNS(C)(=O)=O)s2)c2ccccc2c1=O. The van der Waals surface area contributed by atoms with E-state index in [0.29, 0.717) is 35.0 Å². The molecule has 0 aliphatic carbocycles. The zero-order valence-corrected chi connectivity index (χ0v) is 19.3. The van der Waals surface area contributed by atoms with Crippen LogP contribution in [0, 0.1) is 0 Å². The fraction of sp³-hybridized carbons (Fsp3) is 0.333. The number of carbonyl (C=O) groups is 2. The molecule has 0 radical (unpaired) electrons. The summed E-state index contributed by atoms with van der Waals surface area (Å²) in [5, 5.41) is 4.90. The highest BCUT2D eigenvalue weighted by atomic mass is 32.2. The summed E-state index contributed by atoms with van der Waals surface area (Å²) in [7, 11) is -3.27. The van der Waals surface area contributed by atoms with Gasteiger partial charge in [-0.1, -0.05) is 25.1 Å². The van der Waals surface area contributed by atoms with Crippen LogP contribution in [0.5, 0.6) is 0 Å². The number of esters is 1. The van der Waals surface area contributed by atoms with Gasteiger partial charge >= 0.3 is 5.97 Å². The molecular weight excluding hydrogens is 454 g/mol. The summed E-state index contributed by atoms with van der Waals surface area (Å²) in [5.74, 6) is -1.16. The summed E-state index contributed by atoms with van der Waals surface area (Å²) >= 11 is 1.22. The molecule has 0 spiro atoms. The first-order valence-electron chi connectivity index (χ1n) is 9.93. The van der Waals surface area contributed by atoms with Crippen molar-refractivity contribution >= 4 is 43.9 Å². The summed E-state index contributed by atoms with van der Waals surface area (Å²) in [6.45, 7) is 2.01. The van der Waals surface area contributed by atoms with Gasteiger partial charge in [0.05, 0.1) is 16.5 Å². The van der Waals surface area contributed by atoms with Gasteiger partial charge in [0.15, 0.2) is 12.3 Å². The third-order valence-electron chi connectivity index (χ3n) is 4.50. The average molecular weight is 478 g/mol. The molecule has 3 rings (SSSR count). The molecule has 0 bridgehead atoms. The minimum atomic E-state index is -3.27. The average Bonchev–Trinajstić information content (AvgIpc) is 3.22. The van der Waals surface area contributed by atoms with Gasteiger partial charge in [-0.3, -0.25) is 9.59 Å². The summed E-state index contributed by atoms with van der Waals surface area (Å²) in [5.41, 5.74) is -0.299. The molecule has 0 unspecified atom stereocenters. The van der Waals surface area contributed by atoms with Gasteiger partial charge in [0.25, 0.3) is 5.56 Å². The second-order valence-electron chi connectivity index (χ2n) is 7.10. The van der Waals surface area contributed by atoms with Gasteiger partial charge < -0.3 is 4.74 Å². The third-order valence-corrected chi connectivity index (χ3v) is 6.42. The van der Waals surface area contributed by atoms with Crippen molar-refractivity contribution in [1.29, 1.82) is 0 Å². The van der Waals surface area contributed by atoms with E-state index in [-0.39, 0.29) is 23.6 Å². The molecule has 32 heavy (non-hydrogen) atoms. The molecule has 0 saturated carbocycles. The van der Waals surface area contributed by atoms with Crippen LogP contribution in [0.3, 0.4) is 0 Å². The first kappa shape index (κ1) is 23.8. The first-order valence-corrected chi connectivity index (χ1v) is 12.6. The Hall–Kier alpha value is -2.89. The number of nitrogens with zero attached hydrogens (tertiary/aromatic N) is 2. The Labute approximate surface area is 189 Å². The molecule has 0 aliphatic heterocycles. The molecule has 3 aromatic rings. The molecule has 1 N–H and O–H groups in total. The molecular formula is C21H23N3O6S2. The number of hydrogen-bond donors (Lipinski definition) is 1. The van der Waals surface area contributed by atoms with Crippen LogP contribution in [0.1, 0.15) is 38.4 Å². The normalized spacial score (nSPS) is 11.6. The van der Waals surface area contributed by atoms with Crippen LogP contribution in [0.25, 0.3) is 10.8 Å². The number of fused-ring (bicyclic) bond motifs is 1. The Morgan fingerprint density at radius 2 is 1.88 bits per heavy atom. The minimum absolute atomic E-state index is 0.0137. The van der Waals surface area contributed by atoms with E-state index < -0.39 is 22.6 Å². The van der Waals surface area contributed by atoms with Gasteiger partial charge in [-0.05, 0) is 31.0 Å². The van der Waals surface area contributed by atoms with Crippen molar-refractivity contribution in [2.24, 2.45) is 0 Å². The Balaban J connectivity index is 1.70. The van der Waals surface area contributed by atoms with E-state index in [4.69, 9.17) is 4.74 Å². The van der Waals surface area contributed by atoms with Crippen molar-refractivity contribution < 1.29 is 22.7 Å². The zero-order chi connectivity index (χ0) is 23.3. The van der Waals surface area contributed by atoms with Crippen LogP contribution in [0.2, 0.25) is 0 Å². The molecule has 170 valence electrons. The Bertz CT molecular complexity index is 1310. The summed E-state index contributed by atoms with van der Waals surface area (Å²) in [6.07, 6.45) is 2.19. The fourth-order valence-electron chi connectivity index (χ4n) is 3.04. The van der Waals surface area contributed by atoms with Gasteiger partial charge in [-0.25, -0.2) is 22.6 Å². The monoisotopic (exact) mass is 477 g/mol. The van der Waals surface area contributed by atoms with E-state index in [1.54, 1.807) is 36.4 Å². The minimum Gasteiger partial charge on any atom is -0.452 e. The summed E-state index contributed by atoms with van der Waals surface area (Å²) < 4.78 is 31.1. The highest BCUT2D eigenvalue weighted by Gasteiger charge is 2.20. The van der Waals surface area contributed by atoms with E-state index >= 15 is 0 Å². The van der Waals surface area contributed by atoms with E-state index in [0.717, 1.165) is 11.1 Å². The smallest absolute Gasteiger partial charge is 0.359 e.